The van der Waals surface area contributed by atoms with E-state index in [4.69, 9.17) is 0 Å². The summed E-state index contributed by atoms with van der Waals surface area (Å²) >= 11 is 0. The van der Waals surface area contributed by atoms with E-state index in [0.717, 1.165) is 35.8 Å². The van der Waals surface area contributed by atoms with Crippen LogP contribution in [0.5, 0.6) is 0 Å². The maximum absolute atomic E-state index is 13.3. The summed E-state index contributed by atoms with van der Waals surface area (Å²) in [5.74, 6) is -0.869. The van der Waals surface area contributed by atoms with Crippen LogP contribution in [-0.4, -0.2) is 34.4 Å². The fraction of sp³-hybridized carbons (Fsp3) is 0.593. The number of fused-ring (bicyclic) bond motifs is 3. The topological polar surface area (TPSA) is 91.7 Å². The number of rotatable bonds is 5. The van der Waals surface area contributed by atoms with Crippen LogP contribution in [0.25, 0.3) is 0 Å². The first kappa shape index (κ1) is 24.4. The molecule has 3 aliphatic carbocycles. The number of aliphatic carboxylic acids is 1. The Hall–Kier alpha value is -2.27. The largest absolute Gasteiger partial charge is 0.481 e. The Morgan fingerprint density at radius 1 is 1.03 bits per heavy atom. The van der Waals surface area contributed by atoms with Gasteiger partial charge in [0.2, 0.25) is 0 Å². The van der Waals surface area contributed by atoms with Crippen LogP contribution in [0, 0.1) is 28.1 Å². The van der Waals surface area contributed by atoms with Crippen molar-refractivity contribution >= 4 is 18.0 Å². The molecule has 3 fully saturated rings. The SMILES string of the molecule is CC(/C=C/C=O)=C\C=C\C(C)=C1\C(=O)C[C@@H]2C1(C)CCC1[C@@](C)(C(=O)O)C(O)CC[C@@]12C. The number of aliphatic hydroxyl groups excluding tert-OH is 1. The summed E-state index contributed by atoms with van der Waals surface area (Å²) in [5.41, 5.74) is 0.967. The number of aldehydes is 1. The van der Waals surface area contributed by atoms with E-state index in [1.54, 1.807) is 13.0 Å². The molecule has 5 nitrogen and oxygen atoms in total. The second-order valence-electron chi connectivity index (χ2n) is 10.7. The molecule has 0 bridgehead atoms. The Kier molecular flexibility index (Phi) is 6.54. The molecule has 3 unspecified atom stereocenters. The molecule has 0 aromatic heterocycles. The molecule has 0 saturated heterocycles. The van der Waals surface area contributed by atoms with E-state index in [2.05, 4.69) is 13.8 Å². The standard InChI is InChI=1S/C27H36O5/c1-17(9-7-15-28)8-6-10-18(2)23-19(29)16-21-25(3)14-12-22(30)27(5,24(31)32)20(25)11-13-26(21,23)4/h6-10,15,20-22,30H,11-14,16H2,1-5H3,(H,31,32)/b9-7+,10-6+,17-8+,23-18-/t20?,21-,22?,25-,26?,27+/m0/s1. The molecule has 3 rings (SSSR count). The van der Waals surface area contributed by atoms with E-state index in [1.807, 2.05) is 32.1 Å². The van der Waals surface area contributed by atoms with Gasteiger partial charge in [0.1, 0.15) is 6.29 Å². The molecule has 0 heterocycles. The Morgan fingerprint density at radius 3 is 2.34 bits per heavy atom. The van der Waals surface area contributed by atoms with Crippen LogP contribution in [0.2, 0.25) is 0 Å². The fourth-order valence-corrected chi connectivity index (χ4v) is 7.23. The van der Waals surface area contributed by atoms with Crippen LogP contribution in [0.3, 0.4) is 0 Å². The van der Waals surface area contributed by atoms with Crippen LogP contribution >= 0.6 is 0 Å². The van der Waals surface area contributed by atoms with E-state index in [1.165, 1.54) is 6.08 Å². The normalized spacial score (nSPS) is 41.6. The Bertz CT molecular complexity index is 938. The van der Waals surface area contributed by atoms with Crippen LogP contribution < -0.4 is 0 Å². The van der Waals surface area contributed by atoms with E-state index in [0.29, 0.717) is 19.3 Å². The number of allylic oxidation sites excluding steroid dienone is 8. The summed E-state index contributed by atoms with van der Waals surface area (Å²) in [4.78, 5) is 36.0. The Morgan fingerprint density at radius 2 is 1.72 bits per heavy atom. The van der Waals surface area contributed by atoms with Crippen molar-refractivity contribution in [3.8, 4) is 0 Å². The maximum Gasteiger partial charge on any atom is 0.312 e. The number of Topliss-reactive ketones (excluding diaryl/α,β-unsaturated/α-hetero) is 1. The minimum Gasteiger partial charge on any atom is -0.481 e. The quantitative estimate of drug-likeness (QED) is 0.363. The van der Waals surface area contributed by atoms with E-state index in [9.17, 15) is 24.6 Å². The Balaban J connectivity index is 1.98. The van der Waals surface area contributed by atoms with Crippen molar-refractivity contribution in [2.75, 3.05) is 0 Å². The van der Waals surface area contributed by atoms with Crippen LogP contribution in [-0.2, 0) is 14.4 Å². The lowest BCUT2D eigenvalue weighted by Gasteiger charge is -2.61. The predicted octanol–water partition coefficient (Wildman–Crippen LogP) is 4.82. The average Bonchev–Trinajstić information content (AvgIpc) is 3.00. The Labute approximate surface area is 191 Å². The molecule has 32 heavy (non-hydrogen) atoms. The third-order valence-corrected chi connectivity index (χ3v) is 8.92. The van der Waals surface area contributed by atoms with Gasteiger partial charge >= 0.3 is 5.97 Å². The molecule has 0 radical (unpaired) electrons. The monoisotopic (exact) mass is 440 g/mol. The van der Waals surface area contributed by atoms with Crippen molar-refractivity contribution in [3.63, 3.8) is 0 Å². The lowest BCUT2D eigenvalue weighted by atomic mass is 9.43. The number of ketones is 1. The van der Waals surface area contributed by atoms with E-state index in [-0.39, 0.29) is 28.4 Å². The molecule has 0 amide bonds. The van der Waals surface area contributed by atoms with Gasteiger partial charge in [0.05, 0.1) is 11.5 Å². The number of carboxylic acids is 1. The molecule has 6 atom stereocenters. The van der Waals surface area contributed by atoms with Crippen molar-refractivity contribution in [1.82, 2.24) is 0 Å². The molecular weight excluding hydrogens is 404 g/mol. The second kappa shape index (κ2) is 8.58. The number of hydrogen-bond acceptors (Lipinski definition) is 4. The van der Waals surface area contributed by atoms with Crippen LogP contribution in [0.4, 0.5) is 0 Å². The van der Waals surface area contributed by atoms with Gasteiger partial charge in [-0.3, -0.25) is 14.4 Å². The molecule has 3 saturated carbocycles. The summed E-state index contributed by atoms with van der Waals surface area (Å²) in [6.07, 6.45) is 11.9. The van der Waals surface area contributed by atoms with Gasteiger partial charge in [0, 0.05) is 17.4 Å². The molecule has 3 aliphatic rings. The summed E-state index contributed by atoms with van der Waals surface area (Å²) in [5, 5.41) is 20.7. The number of hydrogen-bond donors (Lipinski definition) is 2. The molecule has 5 heteroatoms. The molecule has 0 aromatic carbocycles. The predicted molar refractivity (Wildman–Crippen MR) is 124 cm³/mol. The van der Waals surface area contributed by atoms with E-state index >= 15 is 0 Å². The number of carboxylic acid groups (broad SMARTS) is 1. The molecular formula is C27H36O5. The highest BCUT2D eigenvalue weighted by Crippen LogP contribution is 2.69. The fourth-order valence-electron chi connectivity index (χ4n) is 7.23. The van der Waals surface area contributed by atoms with Crippen LogP contribution in [0.1, 0.15) is 66.7 Å². The zero-order valence-corrected chi connectivity index (χ0v) is 19.9. The summed E-state index contributed by atoms with van der Waals surface area (Å²) in [6.45, 7) is 9.90. The van der Waals surface area contributed by atoms with Crippen molar-refractivity contribution in [2.24, 2.45) is 28.1 Å². The van der Waals surface area contributed by atoms with Gasteiger partial charge in [0.15, 0.2) is 5.78 Å². The smallest absolute Gasteiger partial charge is 0.312 e. The first-order chi connectivity index (χ1) is 14.9. The lowest BCUT2D eigenvalue weighted by Crippen LogP contribution is -2.61. The van der Waals surface area contributed by atoms with Gasteiger partial charge in [-0.05, 0) is 75.4 Å². The zero-order chi connectivity index (χ0) is 23.9. The van der Waals surface area contributed by atoms with Crippen molar-refractivity contribution in [3.05, 3.63) is 47.1 Å². The number of carbonyl (C=O) groups is 3. The van der Waals surface area contributed by atoms with Gasteiger partial charge in [0.25, 0.3) is 0 Å². The van der Waals surface area contributed by atoms with Crippen molar-refractivity contribution < 1.29 is 24.6 Å². The molecule has 0 aliphatic heterocycles. The number of carbonyl (C=O) groups excluding carboxylic acids is 2. The first-order valence-electron chi connectivity index (χ1n) is 11.6. The first-order valence-corrected chi connectivity index (χ1v) is 11.6. The highest BCUT2D eigenvalue weighted by Gasteiger charge is 2.67. The van der Waals surface area contributed by atoms with Crippen LogP contribution in [0.15, 0.2) is 47.1 Å². The summed E-state index contributed by atoms with van der Waals surface area (Å²) < 4.78 is 0. The van der Waals surface area contributed by atoms with E-state index < -0.39 is 17.5 Å². The molecule has 0 aromatic rings. The molecule has 174 valence electrons. The summed E-state index contributed by atoms with van der Waals surface area (Å²) in [6, 6.07) is 0. The molecule has 2 N–H and O–H groups in total. The third-order valence-electron chi connectivity index (χ3n) is 8.92. The van der Waals surface area contributed by atoms with Gasteiger partial charge in [-0.1, -0.05) is 43.7 Å². The lowest BCUT2D eigenvalue weighted by molar-refractivity contribution is -0.194. The second-order valence-corrected chi connectivity index (χ2v) is 10.7. The van der Waals surface area contributed by atoms with Crippen molar-refractivity contribution in [2.45, 2.75) is 72.8 Å². The highest BCUT2D eigenvalue weighted by molar-refractivity contribution is 6.01. The van der Waals surface area contributed by atoms with Crippen molar-refractivity contribution in [1.29, 1.82) is 0 Å². The minimum atomic E-state index is -1.18. The number of aliphatic hydroxyl groups is 1. The molecule has 0 spiro atoms. The minimum absolute atomic E-state index is 0.0681. The summed E-state index contributed by atoms with van der Waals surface area (Å²) in [7, 11) is 0. The zero-order valence-electron chi connectivity index (χ0n) is 19.9. The highest BCUT2D eigenvalue weighted by atomic mass is 16.4. The van der Waals surface area contributed by atoms with Gasteiger partial charge in [-0.2, -0.15) is 0 Å². The average molecular weight is 441 g/mol. The van der Waals surface area contributed by atoms with Gasteiger partial charge < -0.3 is 10.2 Å². The van der Waals surface area contributed by atoms with Gasteiger partial charge in [-0.15, -0.1) is 0 Å². The van der Waals surface area contributed by atoms with Gasteiger partial charge in [-0.25, -0.2) is 0 Å². The maximum atomic E-state index is 13.3. The third kappa shape index (κ3) is 3.64.